The van der Waals surface area contributed by atoms with Crippen molar-refractivity contribution in [2.45, 2.75) is 33.2 Å². The maximum absolute atomic E-state index is 12.1. The fourth-order valence-corrected chi connectivity index (χ4v) is 2.07. The van der Waals surface area contributed by atoms with Gasteiger partial charge in [-0.15, -0.1) is 24.0 Å². The van der Waals surface area contributed by atoms with E-state index in [0.29, 0.717) is 31.2 Å². The summed E-state index contributed by atoms with van der Waals surface area (Å²) >= 11 is 0. The van der Waals surface area contributed by atoms with Crippen LogP contribution in [0.5, 0.6) is 0 Å². The smallest absolute Gasteiger partial charge is 0.411 e. The lowest BCUT2D eigenvalue weighted by molar-refractivity contribution is -0.176. The van der Waals surface area contributed by atoms with E-state index >= 15 is 0 Å². The average Bonchev–Trinajstić information content (AvgIpc) is 2.63. The number of alkyl halides is 3. The summed E-state index contributed by atoms with van der Waals surface area (Å²) in [6.45, 7) is 3.74. The van der Waals surface area contributed by atoms with Crippen molar-refractivity contribution in [3.8, 4) is 0 Å². The molecular weight excluding hydrogens is 490 g/mol. The van der Waals surface area contributed by atoms with Crippen LogP contribution in [0.1, 0.15) is 25.0 Å². The second-order valence-electron chi connectivity index (χ2n) is 5.92. The van der Waals surface area contributed by atoms with Crippen molar-refractivity contribution in [2.75, 3.05) is 26.8 Å². The van der Waals surface area contributed by atoms with Crippen molar-refractivity contribution in [3.05, 3.63) is 35.4 Å². The van der Waals surface area contributed by atoms with Crippen LogP contribution >= 0.6 is 24.0 Å². The van der Waals surface area contributed by atoms with Crippen LogP contribution in [0.15, 0.2) is 29.3 Å². The highest BCUT2D eigenvalue weighted by Crippen LogP contribution is 2.16. The molecule has 10 heteroatoms. The Hall–Kier alpha value is -1.56. The Morgan fingerprint density at radius 1 is 1.18 bits per heavy atom. The molecule has 1 rings (SSSR count). The summed E-state index contributed by atoms with van der Waals surface area (Å²) in [6, 6.07) is 6.99. The first-order chi connectivity index (χ1) is 12.7. The Labute approximate surface area is 180 Å². The number of nitrogens with zero attached hydrogens (tertiary/aromatic N) is 1. The van der Waals surface area contributed by atoms with Crippen molar-refractivity contribution >= 4 is 35.9 Å². The van der Waals surface area contributed by atoms with Gasteiger partial charge in [0.15, 0.2) is 5.96 Å². The Balaban J connectivity index is 0.00000729. The Morgan fingerprint density at radius 2 is 1.79 bits per heavy atom. The number of hydrogen-bond acceptors (Lipinski definition) is 4. The Bertz CT molecular complexity index is 610. The van der Waals surface area contributed by atoms with Gasteiger partial charge in [0.25, 0.3) is 0 Å². The molecule has 0 aromatic heterocycles. The van der Waals surface area contributed by atoms with Gasteiger partial charge in [0.05, 0.1) is 26.2 Å². The molecule has 0 radical (unpaired) electrons. The topological polar surface area (TPSA) is 72.0 Å². The molecule has 2 N–H and O–H groups in total. The van der Waals surface area contributed by atoms with Crippen molar-refractivity contribution < 1.29 is 27.4 Å². The molecule has 1 unspecified atom stereocenters. The van der Waals surface area contributed by atoms with Gasteiger partial charge in [0.1, 0.15) is 6.61 Å². The molecule has 0 saturated heterocycles. The summed E-state index contributed by atoms with van der Waals surface area (Å²) in [5.74, 6) is -0.0534. The molecule has 1 aromatic carbocycles. The van der Waals surface area contributed by atoms with Gasteiger partial charge < -0.3 is 20.1 Å². The number of halogens is 4. The summed E-state index contributed by atoms with van der Waals surface area (Å²) in [6.07, 6.45) is -4.32. The van der Waals surface area contributed by atoms with Gasteiger partial charge in [0.2, 0.25) is 0 Å². The van der Waals surface area contributed by atoms with Crippen LogP contribution in [-0.4, -0.2) is 44.9 Å². The average molecular weight is 517 g/mol. The lowest BCUT2D eigenvalue weighted by Crippen LogP contribution is -2.40. The zero-order valence-electron chi connectivity index (χ0n) is 16.1. The van der Waals surface area contributed by atoms with Crippen LogP contribution in [-0.2, 0) is 27.4 Å². The molecule has 0 spiro atoms. The third kappa shape index (κ3) is 11.3. The molecule has 6 nitrogen and oxygen atoms in total. The number of benzene rings is 1. The number of methoxy groups -OCH3 is 1. The van der Waals surface area contributed by atoms with Crippen LogP contribution in [0.2, 0.25) is 0 Å². The van der Waals surface area contributed by atoms with Gasteiger partial charge in [-0.2, -0.15) is 13.2 Å². The highest BCUT2D eigenvalue weighted by atomic mass is 127. The maximum Gasteiger partial charge on any atom is 0.411 e. The minimum atomic E-state index is -4.32. The quantitative estimate of drug-likeness (QED) is 0.228. The molecule has 28 heavy (non-hydrogen) atoms. The Kier molecular flexibility index (Phi) is 12.8. The highest BCUT2D eigenvalue weighted by Gasteiger charge is 2.27. The van der Waals surface area contributed by atoms with Crippen LogP contribution in [0.3, 0.4) is 0 Å². The monoisotopic (exact) mass is 517 g/mol. The second-order valence-corrected chi connectivity index (χ2v) is 5.92. The third-order valence-corrected chi connectivity index (χ3v) is 3.50. The predicted molar refractivity (Wildman–Crippen MR) is 112 cm³/mol. The summed E-state index contributed by atoms with van der Waals surface area (Å²) in [5.41, 5.74) is 1.55. The summed E-state index contributed by atoms with van der Waals surface area (Å²) in [5, 5.41) is 6.15. The van der Waals surface area contributed by atoms with E-state index in [9.17, 15) is 18.0 Å². The summed E-state index contributed by atoms with van der Waals surface area (Å²) in [7, 11) is 1.34. The number of hydrogen-bond donors (Lipinski definition) is 2. The highest BCUT2D eigenvalue weighted by molar-refractivity contribution is 14.0. The summed E-state index contributed by atoms with van der Waals surface area (Å²) in [4.78, 5) is 15.9. The molecule has 0 aliphatic heterocycles. The van der Waals surface area contributed by atoms with Crippen molar-refractivity contribution in [3.63, 3.8) is 0 Å². The first kappa shape index (κ1) is 26.4. The van der Waals surface area contributed by atoms with Crippen LogP contribution in [0.4, 0.5) is 13.2 Å². The standard InChI is InChI=1S/C18H26F3N3O3.HI/c1-4-22-17(23-9-13(2)16(25)26-3)24-10-14-5-7-15(8-6-14)11-27-12-18(19,20)21;/h5-8,13H,4,9-12H2,1-3H3,(H2,22,23,24);1H. The van der Waals surface area contributed by atoms with E-state index in [4.69, 9.17) is 0 Å². The molecule has 0 aliphatic carbocycles. The SMILES string of the molecule is CCNC(=NCc1ccc(COCC(F)(F)F)cc1)NCC(C)C(=O)OC.I. The number of nitrogens with one attached hydrogen (secondary N) is 2. The summed E-state index contributed by atoms with van der Waals surface area (Å²) < 4.78 is 45.5. The number of carbonyl (C=O) groups is 1. The van der Waals surface area contributed by atoms with E-state index in [1.165, 1.54) is 7.11 Å². The number of guanidine groups is 1. The number of rotatable bonds is 9. The molecule has 1 aromatic rings. The van der Waals surface area contributed by atoms with Gasteiger partial charge in [-0.25, -0.2) is 4.99 Å². The van der Waals surface area contributed by atoms with Crippen LogP contribution in [0, 0.1) is 5.92 Å². The molecule has 0 amide bonds. The number of carbonyl (C=O) groups excluding carboxylic acids is 1. The molecule has 1 atom stereocenters. The number of esters is 1. The maximum atomic E-state index is 12.1. The van der Waals surface area contributed by atoms with Gasteiger partial charge in [-0.3, -0.25) is 4.79 Å². The molecule has 0 saturated carbocycles. The van der Waals surface area contributed by atoms with Crippen molar-refractivity contribution in [1.29, 1.82) is 0 Å². The largest absolute Gasteiger partial charge is 0.469 e. The molecule has 0 fully saturated rings. The van der Waals surface area contributed by atoms with E-state index in [-0.39, 0.29) is 42.5 Å². The number of ether oxygens (including phenoxy) is 2. The van der Waals surface area contributed by atoms with E-state index < -0.39 is 12.8 Å². The minimum Gasteiger partial charge on any atom is -0.469 e. The first-order valence-corrected chi connectivity index (χ1v) is 8.57. The fourth-order valence-electron chi connectivity index (χ4n) is 2.07. The lowest BCUT2D eigenvalue weighted by atomic mass is 10.1. The van der Waals surface area contributed by atoms with Crippen molar-refractivity contribution in [1.82, 2.24) is 10.6 Å². The zero-order chi connectivity index (χ0) is 20.3. The first-order valence-electron chi connectivity index (χ1n) is 8.57. The second kappa shape index (κ2) is 13.6. The number of aliphatic imine (C=N–C) groups is 1. The Morgan fingerprint density at radius 3 is 2.32 bits per heavy atom. The van der Waals surface area contributed by atoms with Gasteiger partial charge >= 0.3 is 12.1 Å². The normalized spacial score (nSPS) is 12.7. The van der Waals surface area contributed by atoms with E-state index in [0.717, 1.165) is 5.56 Å². The van der Waals surface area contributed by atoms with E-state index in [2.05, 4.69) is 25.1 Å². The molecular formula is C18H27F3IN3O3. The third-order valence-electron chi connectivity index (χ3n) is 3.50. The minimum absolute atomic E-state index is 0. The molecule has 0 heterocycles. The van der Waals surface area contributed by atoms with E-state index in [1.54, 1.807) is 31.2 Å². The van der Waals surface area contributed by atoms with Crippen LogP contribution in [0.25, 0.3) is 0 Å². The predicted octanol–water partition coefficient (Wildman–Crippen LogP) is 3.25. The van der Waals surface area contributed by atoms with Crippen LogP contribution < -0.4 is 10.6 Å². The van der Waals surface area contributed by atoms with Gasteiger partial charge in [-0.1, -0.05) is 31.2 Å². The zero-order valence-corrected chi connectivity index (χ0v) is 18.5. The lowest BCUT2D eigenvalue weighted by Gasteiger charge is -2.14. The molecule has 160 valence electrons. The molecule has 0 bridgehead atoms. The van der Waals surface area contributed by atoms with Crippen molar-refractivity contribution in [2.24, 2.45) is 10.9 Å². The van der Waals surface area contributed by atoms with Gasteiger partial charge in [0, 0.05) is 13.1 Å². The molecule has 0 aliphatic rings. The fraction of sp³-hybridized carbons (Fsp3) is 0.556. The van der Waals surface area contributed by atoms with E-state index in [1.807, 2.05) is 6.92 Å². The van der Waals surface area contributed by atoms with Gasteiger partial charge in [-0.05, 0) is 18.1 Å².